The van der Waals surface area contributed by atoms with Crippen molar-refractivity contribution < 1.29 is 24.2 Å². The summed E-state index contributed by atoms with van der Waals surface area (Å²) in [6, 6.07) is 16.5. The average molecular weight is 394 g/mol. The molecule has 0 unspecified atom stereocenters. The lowest BCUT2D eigenvalue weighted by molar-refractivity contribution is -0.150. The predicted octanol–water partition coefficient (Wildman–Crippen LogP) is 1.38. The van der Waals surface area contributed by atoms with Crippen molar-refractivity contribution in [3.05, 3.63) is 66.2 Å². The molecule has 2 aromatic rings. The number of aliphatic hydroxyl groups is 1. The van der Waals surface area contributed by atoms with Crippen molar-refractivity contribution >= 4 is 23.5 Å². The molecule has 7 nitrogen and oxygen atoms in total. The van der Waals surface area contributed by atoms with E-state index in [1.54, 1.807) is 35.2 Å². The molecule has 0 radical (unpaired) electrons. The fourth-order valence-electron chi connectivity index (χ4n) is 4.48. The van der Waals surface area contributed by atoms with Crippen molar-refractivity contribution in [1.29, 1.82) is 0 Å². The Balaban J connectivity index is 1.71. The molecular weight excluding hydrogens is 372 g/mol. The van der Waals surface area contributed by atoms with Crippen LogP contribution in [0.25, 0.3) is 0 Å². The van der Waals surface area contributed by atoms with Gasteiger partial charge in [0.15, 0.2) is 0 Å². The lowest BCUT2D eigenvalue weighted by atomic mass is 9.93. The Labute approximate surface area is 168 Å². The van der Waals surface area contributed by atoms with E-state index in [-0.39, 0.29) is 19.1 Å². The van der Waals surface area contributed by atoms with E-state index in [4.69, 9.17) is 4.74 Å². The SMILES string of the molecule is COC(=O)[C@@H]1[C@@H]2C(=O)N(c3ccccc3)C(=O)[C@@H]2CN1[C@@H](CO)c1ccccc1. The number of amides is 2. The van der Waals surface area contributed by atoms with Gasteiger partial charge in [-0.15, -0.1) is 0 Å². The van der Waals surface area contributed by atoms with Crippen LogP contribution in [0.3, 0.4) is 0 Å². The van der Waals surface area contributed by atoms with E-state index in [1.807, 2.05) is 30.3 Å². The van der Waals surface area contributed by atoms with Gasteiger partial charge in [0, 0.05) is 6.54 Å². The number of hydrogen-bond acceptors (Lipinski definition) is 6. The quantitative estimate of drug-likeness (QED) is 0.609. The average Bonchev–Trinajstić information content (AvgIpc) is 3.25. The summed E-state index contributed by atoms with van der Waals surface area (Å²) >= 11 is 0. The van der Waals surface area contributed by atoms with Gasteiger partial charge in [0.05, 0.1) is 37.3 Å². The van der Waals surface area contributed by atoms with Crippen molar-refractivity contribution in [2.45, 2.75) is 12.1 Å². The molecule has 29 heavy (non-hydrogen) atoms. The normalized spacial score (nSPS) is 25.2. The zero-order valence-electron chi connectivity index (χ0n) is 16.0. The topological polar surface area (TPSA) is 87.2 Å². The smallest absolute Gasteiger partial charge is 0.323 e. The number of ether oxygens (including phenoxy) is 1. The molecule has 0 aliphatic carbocycles. The van der Waals surface area contributed by atoms with Crippen molar-refractivity contribution in [1.82, 2.24) is 4.90 Å². The van der Waals surface area contributed by atoms with Crippen molar-refractivity contribution in [2.75, 3.05) is 25.2 Å². The van der Waals surface area contributed by atoms with Gasteiger partial charge < -0.3 is 9.84 Å². The molecule has 2 aromatic carbocycles. The Morgan fingerprint density at radius 1 is 1.07 bits per heavy atom. The first-order chi connectivity index (χ1) is 14.1. The zero-order chi connectivity index (χ0) is 20.5. The maximum atomic E-state index is 13.2. The monoisotopic (exact) mass is 394 g/mol. The van der Waals surface area contributed by atoms with E-state index >= 15 is 0 Å². The number of hydrogen-bond donors (Lipinski definition) is 1. The van der Waals surface area contributed by atoms with Crippen LogP contribution >= 0.6 is 0 Å². The fraction of sp³-hybridized carbons (Fsp3) is 0.318. The maximum Gasteiger partial charge on any atom is 0.323 e. The van der Waals surface area contributed by atoms with E-state index in [0.29, 0.717) is 5.69 Å². The van der Waals surface area contributed by atoms with E-state index in [9.17, 15) is 19.5 Å². The van der Waals surface area contributed by atoms with Crippen LogP contribution in [0, 0.1) is 11.8 Å². The molecule has 2 aliphatic rings. The van der Waals surface area contributed by atoms with Gasteiger partial charge in [-0.2, -0.15) is 0 Å². The Morgan fingerprint density at radius 3 is 2.28 bits per heavy atom. The number of anilines is 1. The number of para-hydroxylation sites is 1. The highest BCUT2D eigenvalue weighted by Crippen LogP contribution is 2.43. The van der Waals surface area contributed by atoms with Gasteiger partial charge >= 0.3 is 5.97 Å². The van der Waals surface area contributed by atoms with Crippen molar-refractivity contribution in [2.24, 2.45) is 11.8 Å². The van der Waals surface area contributed by atoms with Gasteiger partial charge in [-0.05, 0) is 17.7 Å². The molecule has 0 aromatic heterocycles. The molecule has 1 N–H and O–H groups in total. The first-order valence-electron chi connectivity index (χ1n) is 9.50. The summed E-state index contributed by atoms with van der Waals surface area (Å²) in [6.45, 7) is -0.0554. The number of benzene rings is 2. The molecule has 0 saturated carbocycles. The fourth-order valence-corrected chi connectivity index (χ4v) is 4.48. The first kappa shape index (κ1) is 19.3. The van der Waals surface area contributed by atoms with Gasteiger partial charge in [-0.3, -0.25) is 19.3 Å². The van der Waals surface area contributed by atoms with Crippen LogP contribution in [0.1, 0.15) is 11.6 Å². The second-order valence-electron chi connectivity index (χ2n) is 7.25. The molecule has 7 heteroatoms. The van der Waals surface area contributed by atoms with E-state index < -0.39 is 35.8 Å². The number of carbonyl (C=O) groups is 3. The zero-order valence-corrected chi connectivity index (χ0v) is 16.0. The van der Waals surface area contributed by atoms with Crippen molar-refractivity contribution in [3.63, 3.8) is 0 Å². The molecule has 0 bridgehead atoms. The molecule has 4 atom stereocenters. The van der Waals surface area contributed by atoms with E-state index in [2.05, 4.69) is 0 Å². The molecule has 150 valence electrons. The Hall–Kier alpha value is -3.03. The minimum Gasteiger partial charge on any atom is -0.468 e. The second-order valence-corrected chi connectivity index (χ2v) is 7.25. The summed E-state index contributed by atoms with van der Waals surface area (Å²) in [7, 11) is 1.26. The number of nitrogens with zero attached hydrogens (tertiary/aromatic N) is 2. The third-order valence-electron chi connectivity index (χ3n) is 5.80. The third kappa shape index (κ3) is 3.12. The van der Waals surface area contributed by atoms with Gasteiger partial charge in [0.25, 0.3) is 0 Å². The van der Waals surface area contributed by atoms with Crippen LogP contribution in [0.5, 0.6) is 0 Å². The summed E-state index contributed by atoms with van der Waals surface area (Å²) in [6.07, 6.45) is 0. The van der Waals surface area contributed by atoms with Crippen molar-refractivity contribution in [3.8, 4) is 0 Å². The van der Waals surface area contributed by atoms with Crippen LogP contribution in [-0.2, 0) is 19.1 Å². The summed E-state index contributed by atoms with van der Waals surface area (Å²) in [5, 5.41) is 10.1. The number of likely N-dealkylation sites (tertiary alicyclic amines) is 1. The summed E-state index contributed by atoms with van der Waals surface area (Å²) < 4.78 is 4.98. The summed E-state index contributed by atoms with van der Waals surface area (Å²) in [5.74, 6) is -2.82. The van der Waals surface area contributed by atoms with Gasteiger partial charge in [0.1, 0.15) is 6.04 Å². The molecular formula is C22H22N2O5. The molecule has 4 rings (SSSR count). The molecule has 2 fully saturated rings. The van der Waals surface area contributed by atoms with Gasteiger partial charge in [-0.25, -0.2) is 4.90 Å². The first-order valence-corrected chi connectivity index (χ1v) is 9.50. The highest BCUT2D eigenvalue weighted by Gasteiger charge is 2.61. The highest BCUT2D eigenvalue weighted by molar-refractivity contribution is 6.23. The number of methoxy groups -OCH3 is 1. The van der Waals surface area contributed by atoms with Crippen LogP contribution in [0.4, 0.5) is 5.69 Å². The third-order valence-corrected chi connectivity index (χ3v) is 5.80. The largest absolute Gasteiger partial charge is 0.468 e. The molecule has 2 saturated heterocycles. The van der Waals surface area contributed by atoms with Gasteiger partial charge in [-0.1, -0.05) is 48.5 Å². The Morgan fingerprint density at radius 2 is 1.69 bits per heavy atom. The maximum absolute atomic E-state index is 13.2. The minimum atomic E-state index is -0.937. The number of aliphatic hydroxyl groups excluding tert-OH is 1. The minimum absolute atomic E-state index is 0.193. The predicted molar refractivity (Wildman–Crippen MR) is 105 cm³/mol. The number of rotatable bonds is 5. The standard InChI is InChI=1S/C22H22N2O5/c1-29-22(28)19-18-16(12-23(19)17(13-25)14-8-4-2-5-9-14)20(26)24(21(18)27)15-10-6-3-7-11-15/h2-11,16-19,25H,12-13H2,1H3/t16-,17+,18-,19+/m1/s1. The van der Waals surface area contributed by atoms with Crippen LogP contribution in [-0.4, -0.2) is 54.1 Å². The Bertz CT molecular complexity index is 917. The molecule has 2 amide bonds. The van der Waals surface area contributed by atoms with Crippen LogP contribution in [0.2, 0.25) is 0 Å². The van der Waals surface area contributed by atoms with Gasteiger partial charge in [0.2, 0.25) is 11.8 Å². The molecule has 0 spiro atoms. The summed E-state index contributed by atoms with van der Waals surface area (Å²) in [4.78, 5) is 41.9. The van der Waals surface area contributed by atoms with Crippen LogP contribution in [0.15, 0.2) is 60.7 Å². The number of fused-ring (bicyclic) bond motifs is 1. The second kappa shape index (κ2) is 7.77. The molecule has 2 heterocycles. The van der Waals surface area contributed by atoms with Crippen LogP contribution < -0.4 is 4.90 Å². The molecule has 2 aliphatic heterocycles. The number of esters is 1. The van der Waals surface area contributed by atoms with E-state index in [1.165, 1.54) is 12.0 Å². The van der Waals surface area contributed by atoms with E-state index in [0.717, 1.165) is 5.56 Å². The Kier molecular flexibility index (Phi) is 5.17. The number of carbonyl (C=O) groups excluding carboxylic acids is 3. The lowest BCUT2D eigenvalue weighted by Gasteiger charge is -2.33. The highest BCUT2D eigenvalue weighted by atomic mass is 16.5. The summed E-state index contributed by atoms with van der Waals surface area (Å²) in [5.41, 5.74) is 1.30. The number of imide groups is 1. The lowest BCUT2D eigenvalue weighted by Crippen LogP contribution is -2.47.